The van der Waals surface area contributed by atoms with E-state index in [9.17, 15) is 13.6 Å². The molecule has 1 heterocycles. The third kappa shape index (κ3) is 4.15. The van der Waals surface area contributed by atoms with Crippen molar-refractivity contribution in [2.45, 2.75) is 25.3 Å². The molecule has 1 fully saturated rings. The maximum Gasteiger partial charge on any atom is 0.226 e. The van der Waals surface area contributed by atoms with Crippen LogP contribution >= 0.6 is 12.4 Å². The van der Waals surface area contributed by atoms with E-state index >= 15 is 0 Å². The van der Waals surface area contributed by atoms with Gasteiger partial charge in [-0.15, -0.1) is 12.4 Å². The largest absolute Gasteiger partial charge is 0.342 e. The summed E-state index contributed by atoms with van der Waals surface area (Å²) < 4.78 is 25.9. The number of rotatable bonds is 3. The first-order chi connectivity index (χ1) is 9.08. The monoisotopic (exact) mass is 304 g/mol. The van der Waals surface area contributed by atoms with Crippen LogP contribution in [0.5, 0.6) is 0 Å². The zero-order valence-electron chi connectivity index (χ0n) is 11.4. The topological polar surface area (TPSA) is 32.3 Å². The lowest BCUT2D eigenvalue weighted by molar-refractivity contribution is -0.131. The van der Waals surface area contributed by atoms with E-state index in [4.69, 9.17) is 0 Å². The number of nitrogens with one attached hydrogen (secondary N) is 1. The van der Waals surface area contributed by atoms with Gasteiger partial charge in [0, 0.05) is 13.1 Å². The highest BCUT2D eigenvalue weighted by Gasteiger charge is 2.22. The molecule has 1 aromatic carbocycles. The Bertz CT molecular complexity index is 464. The van der Waals surface area contributed by atoms with E-state index < -0.39 is 11.6 Å². The van der Waals surface area contributed by atoms with Gasteiger partial charge in [-0.05, 0) is 43.6 Å². The second-order valence-corrected chi connectivity index (χ2v) is 4.91. The van der Waals surface area contributed by atoms with Crippen LogP contribution in [0.15, 0.2) is 18.2 Å². The molecule has 0 radical (unpaired) electrons. The summed E-state index contributed by atoms with van der Waals surface area (Å²) in [6, 6.07) is 3.83. The molecule has 0 atom stereocenters. The summed E-state index contributed by atoms with van der Waals surface area (Å²) in [5, 5.41) is 3.24. The number of likely N-dealkylation sites (N-methyl/N-ethyl adjacent to an activating group) is 1. The van der Waals surface area contributed by atoms with Crippen LogP contribution in [-0.4, -0.2) is 37.0 Å². The first kappa shape index (κ1) is 16.9. The van der Waals surface area contributed by atoms with Gasteiger partial charge in [0.05, 0.1) is 6.42 Å². The van der Waals surface area contributed by atoms with E-state index in [0.717, 1.165) is 38.1 Å². The zero-order chi connectivity index (χ0) is 13.8. The van der Waals surface area contributed by atoms with Crippen LogP contribution in [0.25, 0.3) is 0 Å². The highest BCUT2D eigenvalue weighted by atomic mass is 35.5. The minimum absolute atomic E-state index is 0. The van der Waals surface area contributed by atoms with Gasteiger partial charge in [0.1, 0.15) is 0 Å². The summed E-state index contributed by atoms with van der Waals surface area (Å²) in [5.41, 5.74) is 0.504. The van der Waals surface area contributed by atoms with E-state index in [-0.39, 0.29) is 30.8 Å². The van der Waals surface area contributed by atoms with Crippen LogP contribution in [-0.2, 0) is 11.2 Å². The van der Waals surface area contributed by atoms with E-state index in [1.165, 1.54) is 6.07 Å². The maximum atomic E-state index is 13.1. The fourth-order valence-corrected chi connectivity index (χ4v) is 2.35. The van der Waals surface area contributed by atoms with Crippen molar-refractivity contribution in [1.29, 1.82) is 0 Å². The van der Waals surface area contributed by atoms with Crippen molar-refractivity contribution in [2.24, 2.45) is 0 Å². The van der Waals surface area contributed by atoms with Crippen LogP contribution in [0.3, 0.4) is 0 Å². The molecule has 1 amide bonds. The molecule has 0 bridgehead atoms. The average molecular weight is 305 g/mol. The Hall–Kier alpha value is -1.20. The molecule has 0 aromatic heterocycles. The summed E-state index contributed by atoms with van der Waals surface area (Å²) in [6.07, 6.45) is 1.97. The molecule has 2 rings (SSSR count). The maximum absolute atomic E-state index is 13.1. The third-order valence-electron chi connectivity index (χ3n) is 3.59. The second kappa shape index (κ2) is 7.55. The number of piperidine rings is 1. The summed E-state index contributed by atoms with van der Waals surface area (Å²) in [7, 11) is 1.78. The van der Waals surface area contributed by atoms with Gasteiger partial charge in [0.15, 0.2) is 11.6 Å². The highest BCUT2D eigenvalue weighted by molar-refractivity contribution is 5.85. The van der Waals surface area contributed by atoms with Gasteiger partial charge in [-0.2, -0.15) is 0 Å². The second-order valence-electron chi connectivity index (χ2n) is 4.91. The van der Waals surface area contributed by atoms with Gasteiger partial charge in [-0.1, -0.05) is 6.07 Å². The number of carbonyl (C=O) groups excluding carboxylic acids is 1. The van der Waals surface area contributed by atoms with E-state index in [1.807, 2.05) is 0 Å². The van der Waals surface area contributed by atoms with E-state index in [2.05, 4.69) is 5.32 Å². The molecule has 1 aromatic rings. The van der Waals surface area contributed by atoms with Crippen molar-refractivity contribution < 1.29 is 13.6 Å². The smallest absolute Gasteiger partial charge is 0.226 e. The molecule has 6 heteroatoms. The Labute approximate surface area is 123 Å². The fraction of sp³-hybridized carbons (Fsp3) is 0.500. The molecule has 3 nitrogen and oxygen atoms in total. The molecule has 1 saturated heterocycles. The van der Waals surface area contributed by atoms with Crippen molar-refractivity contribution in [3.05, 3.63) is 35.4 Å². The lowest BCUT2D eigenvalue weighted by atomic mass is 10.0. The summed E-state index contributed by atoms with van der Waals surface area (Å²) in [4.78, 5) is 13.8. The first-order valence-corrected chi connectivity index (χ1v) is 6.48. The lowest BCUT2D eigenvalue weighted by Gasteiger charge is -2.31. The van der Waals surface area contributed by atoms with Gasteiger partial charge < -0.3 is 10.2 Å². The molecule has 1 N–H and O–H groups in total. The average Bonchev–Trinajstić information content (AvgIpc) is 2.43. The molecular weight excluding hydrogens is 286 g/mol. The van der Waals surface area contributed by atoms with Gasteiger partial charge in [-0.3, -0.25) is 4.79 Å². The summed E-state index contributed by atoms with van der Waals surface area (Å²) >= 11 is 0. The van der Waals surface area contributed by atoms with Crippen molar-refractivity contribution in [3.8, 4) is 0 Å². The Morgan fingerprint density at radius 1 is 1.30 bits per heavy atom. The Morgan fingerprint density at radius 3 is 2.55 bits per heavy atom. The fourth-order valence-electron chi connectivity index (χ4n) is 2.35. The molecule has 0 unspecified atom stereocenters. The molecule has 0 spiro atoms. The van der Waals surface area contributed by atoms with Gasteiger partial charge in [0.2, 0.25) is 5.91 Å². The Morgan fingerprint density at radius 2 is 1.95 bits per heavy atom. The third-order valence-corrected chi connectivity index (χ3v) is 3.59. The number of hydrogen-bond acceptors (Lipinski definition) is 2. The zero-order valence-corrected chi connectivity index (χ0v) is 12.2. The summed E-state index contributed by atoms with van der Waals surface area (Å²) in [5.74, 6) is -1.85. The number of carbonyl (C=O) groups is 1. The van der Waals surface area contributed by atoms with Crippen molar-refractivity contribution in [3.63, 3.8) is 0 Å². The van der Waals surface area contributed by atoms with Gasteiger partial charge in [0.25, 0.3) is 0 Å². The number of halogens is 3. The quantitative estimate of drug-likeness (QED) is 0.928. The van der Waals surface area contributed by atoms with Crippen LogP contribution in [0.2, 0.25) is 0 Å². The number of hydrogen-bond donors (Lipinski definition) is 1. The van der Waals surface area contributed by atoms with Crippen molar-refractivity contribution >= 4 is 18.3 Å². The molecule has 20 heavy (non-hydrogen) atoms. The Kier molecular flexibility index (Phi) is 6.36. The van der Waals surface area contributed by atoms with Crippen molar-refractivity contribution in [1.82, 2.24) is 10.2 Å². The first-order valence-electron chi connectivity index (χ1n) is 6.48. The minimum Gasteiger partial charge on any atom is -0.342 e. The highest BCUT2D eigenvalue weighted by Crippen LogP contribution is 2.14. The molecule has 112 valence electrons. The Balaban J connectivity index is 0.00000200. The van der Waals surface area contributed by atoms with Crippen molar-refractivity contribution in [2.75, 3.05) is 20.1 Å². The molecule has 0 saturated carbocycles. The van der Waals surface area contributed by atoms with E-state index in [1.54, 1.807) is 11.9 Å². The van der Waals surface area contributed by atoms with E-state index in [0.29, 0.717) is 5.56 Å². The minimum atomic E-state index is -0.908. The molecule has 1 aliphatic heterocycles. The predicted molar refractivity (Wildman–Crippen MR) is 76.0 cm³/mol. The van der Waals surface area contributed by atoms with Gasteiger partial charge >= 0.3 is 0 Å². The van der Waals surface area contributed by atoms with Crippen LogP contribution in [0.1, 0.15) is 18.4 Å². The van der Waals surface area contributed by atoms with Crippen LogP contribution in [0.4, 0.5) is 8.78 Å². The SMILES string of the molecule is CN(C(=O)Cc1ccc(F)c(F)c1)C1CCNCC1.Cl. The standard InChI is InChI=1S/C14H18F2N2O.ClH/c1-18(11-4-6-17-7-5-11)14(19)9-10-2-3-12(15)13(16)8-10;/h2-3,8,11,17H,4-7,9H2,1H3;1H. The molecule has 1 aliphatic rings. The van der Waals surface area contributed by atoms with Gasteiger partial charge in [-0.25, -0.2) is 8.78 Å². The summed E-state index contributed by atoms with van der Waals surface area (Å²) in [6.45, 7) is 1.82. The number of benzene rings is 1. The number of nitrogens with zero attached hydrogens (tertiary/aromatic N) is 1. The lowest BCUT2D eigenvalue weighted by Crippen LogP contribution is -2.44. The van der Waals surface area contributed by atoms with Crippen LogP contribution < -0.4 is 5.32 Å². The number of amides is 1. The predicted octanol–water partition coefficient (Wildman–Crippen LogP) is 2.14. The molecule has 0 aliphatic carbocycles. The molecular formula is C14H19ClF2N2O. The van der Waals surface area contributed by atoms with Crippen LogP contribution in [0, 0.1) is 11.6 Å². The normalized spacial score (nSPS) is 15.6.